The molecule has 0 saturated carbocycles. The summed E-state index contributed by atoms with van der Waals surface area (Å²) in [5.74, 6) is 0. The smallest absolute Gasteiger partial charge is 0.165 e. The van der Waals surface area contributed by atoms with E-state index in [1.807, 2.05) is 37.3 Å². The maximum Gasteiger partial charge on any atom is 0.165 e. The zero-order chi connectivity index (χ0) is 8.27. The molecule has 3 heteroatoms. The van der Waals surface area contributed by atoms with Crippen molar-refractivity contribution >= 4 is 18.4 Å². The van der Waals surface area contributed by atoms with Crippen molar-refractivity contribution < 1.29 is 4.57 Å². The minimum atomic E-state index is -1.94. The molecule has 0 aliphatic heterocycles. The third kappa shape index (κ3) is 2.36. The summed E-state index contributed by atoms with van der Waals surface area (Å²) < 4.78 is 10.9. The predicted molar refractivity (Wildman–Crippen MR) is 49.7 cm³/mol. The molecule has 1 nitrogen and oxygen atoms in total. The number of hydrogen-bond donors (Lipinski definition) is 0. The van der Waals surface area contributed by atoms with Crippen LogP contribution in [0.3, 0.4) is 0 Å². The van der Waals surface area contributed by atoms with Gasteiger partial charge in [0.1, 0.15) is 0 Å². The Balaban J connectivity index is 2.85. The molecule has 2 unspecified atom stereocenters. The molecule has 0 amide bonds. The van der Waals surface area contributed by atoms with Crippen molar-refractivity contribution in [2.24, 2.45) is 0 Å². The van der Waals surface area contributed by atoms with Gasteiger partial charge in [0.25, 0.3) is 0 Å². The number of hydrogen-bond acceptors (Lipinski definition) is 1. The Labute approximate surface area is 72.0 Å². The van der Waals surface area contributed by atoms with Gasteiger partial charge in [-0.3, -0.25) is 0 Å². The second-order valence-electron chi connectivity index (χ2n) is 2.44. The maximum atomic E-state index is 10.9. The highest BCUT2D eigenvalue weighted by molar-refractivity contribution is 7.74. The van der Waals surface area contributed by atoms with Crippen LogP contribution in [-0.4, -0.2) is 0 Å². The summed E-state index contributed by atoms with van der Waals surface area (Å²) in [7, 11) is -1.94. The van der Waals surface area contributed by atoms with Gasteiger partial charge in [0, 0.05) is 5.66 Å². The fourth-order valence-electron chi connectivity index (χ4n) is 0.873. The standard InChI is InChI=1S/C8H10ClOP/c1-7(11(9)10)8-5-3-2-4-6-8/h2-7,11H,1H3. The Bertz CT molecular complexity index is 248. The van der Waals surface area contributed by atoms with Gasteiger partial charge >= 0.3 is 0 Å². The molecule has 0 N–H and O–H groups in total. The van der Waals surface area contributed by atoms with Crippen LogP contribution in [0.15, 0.2) is 30.3 Å². The first kappa shape index (κ1) is 8.83. The monoisotopic (exact) mass is 188 g/mol. The van der Waals surface area contributed by atoms with E-state index < -0.39 is 7.15 Å². The SMILES string of the molecule is CC(c1ccccc1)[PH](=O)Cl. The van der Waals surface area contributed by atoms with Crippen molar-refractivity contribution in [1.82, 2.24) is 0 Å². The van der Waals surface area contributed by atoms with Gasteiger partial charge in [-0.05, 0) is 5.56 Å². The quantitative estimate of drug-likeness (QED) is 0.650. The Hall–Kier alpha value is -0.260. The molecular formula is C8H10ClOP. The molecule has 0 aliphatic carbocycles. The van der Waals surface area contributed by atoms with Gasteiger partial charge in [-0.2, -0.15) is 0 Å². The molecular weight excluding hydrogens is 179 g/mol. The van der Waals surface area contributed by atoms with Gasteiger partial charge in [0.05, 0.1) is 0 Å². The van der Waals surface area contributed by atoms with Gasteiger partial charge in [0.2, 0.25) is 0 Å². The summed E-state index contributed by atoms with van der Waals surface area (Å²) in [6.45, 7) is 1.88. The molecule has 2 atom stereocenters. The fraction of sp³-hybridized carbons (Fsp3) is 0.250. The van der Waals surface area contributed by atoms with Crippen LogP contribution in [-0.2, 0) is 4.57 Å². The summed E-state index contributed by atoms with van der Waals surface area (Å²) >= 11 is 5.51. The molecule has 0 bridgehead atoms. The van der Waals surface area contributed by atoms with Crippen LogP contribution >= 0.6 is 18.4 Å². The topological polar surface area (TPSA) is 17.1 Å². The Morgan fingerprint density at radius 2 is 1.91 bits per heavy atom. The third-order valence-electron chi connectivity index (χ3n) is 1.64. The Morgan fingerprint density at radius 1 is 1.36 bits per heavy atom. The lowest BCUT2D eigenvalue weighted by molar-refractivity contribution is 0.590. The summed E-state index contributed by atoms with van der Waals surface area (Å²) in [5, 5.41) is 0. The molecule has 0 spiro atoms. The molecule has 0 aromatic heterocycles. The maximum absolute atomic E-state index is 10.9. The van der Waals surface area contributed by atoms with Gasteiger partial charge in [-0.1, -0.05) is 48.5 Å². The average Bonchev–Trinajstić information content (AvgIpc) is 2.05. The van der Waals surface area contributed by atoms with Crippen LogP contribution < -0.4 is 0 Å². The summed E-state index contributed by atoms with van der Waals surface area (Å²) in [6.07, 6.45) is 0. The minimum Gasteiger partial charge on any atom is -0.309 e. The molecule has 0 aliphatic rings. The van der Waals surface area contributed by atoms with Crippen LogP contribution in [0, 0.1) is 0 Å². The van der Waals surface area contributed by atoms with Gasteiger partial charge in [-0.25, -0.2) is 0 Å². The second-order valence-corrected chi connectivity index (χ2v) is 5.03. The van der Waals surface area contributed by atoms with E-state index in [0.717, 1.165) is 5.56 Å². The van der Waals surface area contributed by atoms with Gasteiger partial charge in [-0.15, -0.1) is 0 Å². The summed E-state index contributed by atoms with van der Waals surface area (Å²) in [5.41, 5.74) is 1.04. The second kappa shape index (κ2) is 3.94. The van der Waals surface area contributed by atoms with E-state index in [1.54, 1.807) is 0 Å². The molecule has 0 radical (unpaired) electrons. The van der Waals surface area contributed by atoms with E-state index >= 15 is 0 Å². The van der Waals surface area contributed by atoms with E-state index in [1.165, 1.54) is 0 Å². The highest BCUT2D eigenvalue weighted by atomic mass is 35.7. The first-order valence-electron chi connectivity index (χ1n) is 3.46. The van der Waals surface area contributed by atoms with Crippen molar-refractivity contribution in [2.75, 3.05) is 0 Å². The molecule has 1 rings (SSSR count). The Morgan fingerprint density at radius 3 is 2.36 bits per heavy atom. The normalized spacial score (nSPS) is 15.8. The van der Waals surface area contributed by atoms with Gasteiger partial charge in [0.15, 0.2) is 7.15 Å². The zero-order valence-electron chi connectivity index (χ0n) is 6.25. The zero-order valence-corrected chi connectivity index (χ0v) is 8.01. The fourth-order valence-corrected chi connectivity index (χ4v) is 1.71. The van der Waals surface area contributed by atoms with Crippen LogP contribution in [0.25, 0.3) is 0 Å². The van der Waals surface area contributed by atoms with E-state index in [9.17, 15) is 4.57 Å². The van der Waals surface area contributed by atoms with Crippen molar-refractivity contribution in [2.45, 2.75) is 12.6 Å². The highest BCUT2D eigenvalue weighted by Gasteiger charge is 2.08. The molecule has 11 heavy (non-hydrogen) atoms. The largest absolute Gasteiger partial charge is 0.309 e. The Kier molecular flexibility index (Phi) is 3.16. The number of rotatable bonds is 2. The highest BCUT2D eigenvalue weighted by Crippen LogP contribution is 2.44. The third-order valence-corrected chi connectivity index (χ3v) is 3.64. The van der Waals surface area contributed by atoms with Crippen molar-refractivity contribution in [3.05, 3.63) is 35.9 Å². The molecule has 0 fully saturated rings. The van der Waals surface area contributed by atoms with Crippen LogP contribution in [0.1, 0.15) is 18.1 Å². The molecule has 0 saturated heterocycles. The van der Waals surface area contributed by atoms with Crippen LogP contribution in [0.2, 0.25) is 0 Å². The van der Waals surface area contributed by atoms with E-state index in [4.69, 9.17) is 11.2 Å². The average molecular weight is 189 g/mol. The van der Waals surface area contributed by atoms with E-state index in [2.05, 4.69) is 0 Å². The predicted octanol–water partition coefficient (Wildman–Crippen LogP) is 3.46. The van der Waals surface area contributed by atoms with Gasteiger partial charge < -0.3 is 4.57 Å². The minimum absolute atomic E-state index is 0.0112. The lowest BCUT2D eigenvalue weighted by Gasteiger charge is -2.05. The lowest BCUT2D eigenvalue weighted by atomic mass is 10.2. The van der Waals surface area contributed by atoms with E-state index in [0.29, 0.717) is 0 Å². The summed E-state index contributed by atoms with van der Waals surface area (Å²) in [6, 6.07) is 9.66. The molecule has 60 valence electrons. The van der Waals surface area contributed by atoms with Crippen molar-refractivity contribution in [3.8, 4) is 0 Å². The first-order chi connectivity index (χ1) is 5.22. The number of halogens is 1. The molecule has 0 heterocycles. The molecule has 1 aromatic rings. The summed E-state index contributed by atoms with van der Waals surface area (Å²) in [4.78, 5) is 0. The number of benzene rings is 1. The van der Waals surface area contributed by atoms with Crippen molar-refractivity contribution in [3.63, 3.8) is 0 Å². The van der Waals surface area contributed by atoms with Crippen LogP contribution in [0.5, 0.6) is 0 Å². The van der Waals surface area contributed by atoms with Crippen molar-refractivity contribution in [1.29, 1.82) is 0 Å². The molecule has 1 aromatic carbocycles. The van der Waals surface area contributed by atoms with E-state index in [-0.39, 0.29) is 5.66 Å². The van der Waals surface area contributed by atoms with Crippen LogP contribution in [0.4, 0.5) is 0 Å². The first-order valence-corrected chi connectivity index (χ1v) is 5.96. The lowest BCUT2D eigenvalue weighted by Crippen LogP contribution is -1.83.